The van der Waals surface area contributed by atoms with E-state index in [4.69, 9.17) is 0 Å². The topological polar surface area (TPSA) is 55.4 Å². The highest BCUT2D eigenvalue weighted by atomic mass is 32.2. The summed E-state index contributed by atoms with van der Waals surface area (Å²) in [5.41, 5.74) is 0. The van der Waals surface area contributed by atoms with Crippen molar-refractivity contribution in [3.05, 3.63) is 0 Å². The van der Waals surface area contributed by atoms with E-state index in [1.165, 1.54) is 12.9 Å². The average molecular weight is 235 g/mol. The molecule has 0 aromatic heterocycles. The third-order valence-corrected chi connectivity index (χ3v) is 4.59. The zero-order valence-corrected chi connectivity index (χ0v) is 9.58. The van der Waals surface area contributed by atoms with Crippen molar-refractivity contribution in [1.82, 2.24) is 5.32 Å². The maximum atomic E-state index is 11.0. The summed E-state index contributed by atoms with van der Waals surface area (Å²) in [6.45, 7) is 0.547. The van der Waals surface area contributed by atoms with Crippen LogP contribution in [-0.4, -0.2) is 48.0 Å². The minimum Gasteiger partial charge on any atom is -0.462 e. The maximum Gasteiger partial charge on any atom is 0.396 e. The largest absolute Gasteiger partial charge is 0.462 e. The molecule has 1 atom stereocenters. The summed E-state index contributed by atoms with van der Waals surface area (Å²) < 4.78 is 4.29. The second kappa shape index (κ2) is 6.19. The molecule has 1 rings (SSSR count). The van der Waals surface area contributed by atoms with Crippen LogP contribution in [0, 0.1) is 0 Å². The van der Waals surface area contributed by atoms with E-state index >= 15 is 0 Å². The zero-order chi connectivity index (χ0) is 10.4. The van der Waals surface area contributed by atoms with Gasteiger partial charge in [-0.15, -0.1) is 0 Å². The highest BCUT2D eigenvalue weighted by Gasteiger charge is 2.18. The van der Waals surface area contributed by atoms with E-state index in [0.29, 0.717) is 11.8 Å². The summed E-state index contributed by atoms with van der Waals surface area (Å²) in [5.74, 6) is 1.85. The smallest absolute Gasteiger partial charge is 0.396 e. The van der Waals surface area contributed by atoms with Gasteiger partial charge in [-0.25, -0.2) is 4.79 Å². The SMILES string of the molecule is COC(=O)C(=O)NCC1CSCCS1. The zero-order valence-electron chi connectivity index (χ0n) is 7.95. The van der Waals surface area contributed by atoms with Gasteiger partial charge in [0.2, 0.25) is 0 Å². The maximum absolute atomic E-state index is 11.0. The molecule has 1 unspecified atom stereocenters. The lowest BCUT2D eigenvalue weighted by atomic mass is 10.4. The molecule has 1 aliphatic rings. The van der Waals surface area contributed by atoms with Crippen molar-refractivity contribution >= 4 is 35.4 Å². The fourth-order valence-corrected chi connectivity index (χ4v) is 3.64. The van der Waals surface area contributed by atoms with E-state index in [1.807, 2.05) is 23.5 Å². The van der Waals surface area contributed by atoms with Crippen LogP contribution >= 0.6 is 23.5 Å². The number of rotatable bonds is 2. The van der Waals surface area contributed by atoms with E-state index in [-0.39, 0.29) is 0 Å². The van der Waals surface area contributed by atoms with E-state index in [1.54, 1.807) is 0 Å². The Bertz CT molecular complexity index is 217. The van der Waals surface area contributed by atoms with Crippen molar-refractivity contribution in [2.45, 2.75) is 5.25 Å². The Hall–Kier alpha value is -0.360. The van der Waals surface area contributed by atoms with Crippen LogP contribution in [0.15, 0.2) is 0 Å². The van der Waals surface area contributed by atoms with Crippen LogP contribution in [-0.2, 0) is 14.3 Å². The fraction of sp³-hybridized carbons (Fsp3) is 0.750. The summed E-state index contributed by atoms with van der Waals surface area (Å²) in [6, 6.07) is 0. The molecule has 1 saturated heterocycles. The van der Waals surface area contributed by atoms with Crippen molar-refractivity contribution in [2.24, 2.45) is 0 Å². The van der Waals surface area contributed by atoms with Gasteiger partial charge in [0.05, 0.1) is 7.11 Å². The van der Waals surface area contributed by atoms with Crippen molar-refractivity contribution < 1.29 is 14.3 Å². The van der Waals surface area contributed by atoms with E-state index < -0.39 is 11.9 Å². The van der Waals surface area contributed by atoms with Crippen molar-refractivity contribution in [3.63, 3.8) is 0 Å². The van der Waals surface area contributed by atoms with Crippen molar-refractivity contribution in [1.29, 1.82) is 0 Å². The van der Waals surface area contributed by atoms with Gasteiger partial charge in [-0.05, 0) is 0 Å². The Labute approximate surface area is 91.5 Å². The molecular weight excluding hydrogens is 222 g/mol. The molecule has 6 heteroatoms. The number of amides is 1. The molecule has 4 nitrogen and oxygen atoms in total. The van der Waals surface area contributed by atoms with E-state index in [0.717, 1.165) is 11.5 Å². The highest BCUT2D eigenvalue weighted by Crippen LogP contribution is 2.23. The van der Waals surface area contributed by atoms with E-state index in [9.17, 15) is 9.59 Å². The van der Waals surface area contributed by atoms with Gasteiger partial charge in [0.25, 0.3) is 0 Å². The molecule has 0 saturated carbocycles. The van der Waals surface area contributed by atoms with Crippen LogP contribution in [0.5, 0.6) is 0 Å². The molecule has 1 fully saturated rings. The number of nitrogens with one attached hydrogen (secondary N) is 1. The summed E-state index contributed by atoms with van der Waals surface area (Å²) >= 11 is 3.72. The molecule has 1 aliphatic heterocycles. The lowest BCUT2D eigenvalue weighted by molar-refractivity contribution is -0.152. The Morgan fingerprint density at radius 2 is 2.29 bits per heavy atom. The monoisotopic (exact) mass is 235 g/mol. The fourth-order valence-electron chi connectivity index (χ4n) is 1.03. The van der Waals surface area contributed by atoms with Gasteiger partial charge in [0.1, 0.15) is 0 Å². The number of ether oxygens (including phenoxy) is 1. The quantitative estimate of drug-likeness (QED) is 0.544. The van der Waals surface area contributed by atoms with Crippen molar-refractivity contribution in [2.75, 3.05) is 30.9 Å². The van der Waals surface area contributed by atoms with Crippen LogP contribution in [0.4, 0.5) is 0 Å². The molecule has 0 aliphatic carbocycles. The average Bonchev–Trinajstić information content (AvgIpc) is 2.26. The molecule has 1 heterocycles. The van der Waals surface area contributed by atoms with Crippen LogP contribution < -0.4 is 5.32 Å². The third-order valence-electron chi connectivity index (χ3n) is 1.75. The van der Waals surface area contributed by atoms with Gasteiger partial charge in [0.15, 0.2) is 0 Å². The van der Waals surface area contributed by atoms with Crippen LogP contribution in [0.2, 0.25) is 0 Å². The Balaban J connectivity index is 2.18. The molecule has 1 amide bonds. The number of thioether (sulfide) groups is 2. The minimum atomic E-state index is -0.821. The summed E-state index contributed by atoms with van der Waals surface area (Å²) in [5, 5.41) is 2.97. The van der Waals surface area contributed by atoms with Crippen molar-refractivity contribution in [3.8, 4) is 0 Å². The number of carbonyl (C=O) groups excluding carboxylic acids is 2. The summed E-state index contributed by atoms with van der Waals surface area (Å²) in [4.78, 5) is 21.8. The van der Waals surface area contributed by atoms with Gasteiger partial charge in [-0.3, -0.25) is 4.79 Å². The first-order valence-electron chi connectivity index (χ1n) is 4.29. The third kappa shape index (κ3) is 3.79. The molecule has 1 N–H and O–H groups in total. The lowest BCUT2D eigenvalue weighted by Gasteiger charge is -2.20. The first-order valence-corrected chi connectivity index (χ1v) is 6.50. The molecule has 80 valence electrons. The number of esters is 1. The molecule has 0 radical (unpaired) electrons. The normalized spacial score (nSPS) is 21.4. The van der Waals surface area contributed by atoms with Gasteiger partial charge in [0, 0.05) is 29.1 Å². The number of hydrogen-bond donors (Lipinski definition) is 1. The molecule has 0 aromatic rings. The Kier molecular flexibility index (Phi) is 5.17. The summed E-state index contributed by atoms with van der Waals surface area (Å²) in [6.07, 6.45) is 0. The first kappa shape index (κ1) is 11.7. The molecule has 0 spiro atoms. The van der Waals surface area contributed by atoms with Crippen LogP contribution in [0.3, 0.4) is 0 Å². The predicted molar refractivity (Wildman–Crippen MR) is 58.6 cm³/mol. The minimum absolute atomic E-state index is 0.419. The van der Waals surface area contributed by atoms with E-state index in [2.05, 4.69) is 10.1 Å². The molecular formula is C8H13NO3S2. The highest BCUT2D eigenvalue weighted by molar-refractivity contribution is 8.06. The Morgan fingerprint density at radius 3 is 2.86 bits per heavy atom. The lowest BCUT2D eigenvalue weighted by Crippen LogP contribution is -2.37. The van der Waals surface area contributed by atoms with Crippen LogP contribution in [0.1, 0.15) is 0 Å². The standard InChI is InChI=1S/C8H13NO3S2/c1-12-8(11)7(10)9-4-6-5-13-2-3-14-6/h6H,2-5H2,1H3,(H,9,10). The molecule has 0 aromatic carbocycles. The van der Waals surface area contributed by atoms with Gasteiger partial charge >= 0.3 is 11.9 Å². The predicted octanol–water partition coefficient (Wildman–Crippen LogP) is 0.124. The second-order valence-corrected chi connectivity index (χ2v) is 5.33. The first-order chi connectivity index (χ1) is 6.74. The molecule has 14 heavy (non-hydrogen) atoms. The van der Waals surface area contributed by atoms with Gasteiger partial charge < -0.3 is 10.1 Å². The van der Waals surface area contributed by atoms with Gasteiger partial charge in [-0.2, -0.15) is 23.5 Å². The number of hydrogen-bond acceptors (Lipinski definition) is 5. The van der Waals surface area contributed by atoms with Gasteiger partial charge in [-0.1, -0.05) is 0 Å². The van der Waals surface area contributed by atoms with Crippen LogP contribution in [0.25, 0.3) is 0 Å². The number of carbonyl (C=O) groups is 2. The number of methoxy groups -OCH3 is 1. The molecule has 0 bridgehead atoms. The Morgan fingerprint density at radius 1 is 1.50 bits per heavy atom. The second-order valence-electron chi connectivity index (χ2n) is 2.77. The summed E-state index contributed by atoms with van der Waals surface area (Å²) in [7, 11) is 1.20.